The minimum Gasteiger partial charge on any atom is -0.325 e. The number of aryl methyl sites for hydroxylation is 2. The normalized spacial score (nSPS) is 11.5. The van der Waals surface area contributed by atoms with Crippen molar-refractivity contribution in [3.05, 3.63) is 51.0 Å². The fourth-order valence-electron chi connectivity index (χ4n) is 3.33. The minimum absolute atomic E-state index is 0.508. The van der Waals surface area contributed by atoms with E-state index >= 15 is 0 Å². The Bertz CT molecular complexity index is 913. The lowest BCUT2D eigenvalue weighted by Crippen LogP contribution is -2.03. The first-order chi connectivity index (χ1) is 12.0. The molecule has 1 aromatic heterocycles. The van der Waals surface area contributed by atoms with Gasteiger partial charge in [0.05, 0.1) is 16.2 Å². The summed E-state index contributed by atoms with van der Waals surface area (Å²) in [5.41, 5.74) is 5.49. The molecule has 2 aromatic carbocycles. The van der Waals surface area contributed by atoms with E-state index in [2.05, 4.69) is 70.9 Å². The maximum Gasteiger partial charge on any atom is 0.208 e. The third-order valence-corrected chi connectivity index (χ3v) is 5.76. The predicted molar refractivity (Wildman–Crippen MR) is 111 cm³/mol. The molecule has 3 aromatic rings. The monoisotopic (exact) mass is 419 g/mol. The van der Waals surface area contributed by atoms with E-state index in [0.29, 0.717) is 10.9 Å². The van der Waals surface area contributed by atoms with Crippen molar-refractivity contribution in [1.29, 1.82) is 0 Å². The summed E-state index contributed by atoms with van der Waals surface area (Å²) in [6.45, 7) is 6.53. The van der Waals surface area contributed by atoms with Crippen molar-refractivity contribution in [2.24, 2.45) is 7.05 Å². The maximum atomic E-state index is 6.45. The number of halogens is 2. The number of imidazole rings is 1. The topological polar surface area (TPSA) is 29.9 Å². The first kappa shape index (κ1) is 18.3. The molecule has 0 aliphatic carbocycles. The number of rotatable bonds is 5. The largest absolute Gasteiger partial charge is 0.325 e. The number of hydrogen-bond acceptors (Lipinski definition) is 2. The lowest BCUT2D eigenvalue weighted by molar-refractivity contribution is 0.643. The number of aromatic nitrogens is 2. The lowest BCUT2D eigenvalue weighted by atomic mass is 9.93. The molecule has 0 saturated heterocycles. The van der Waals surface area contributed by atoms with Crippen molar-refractivity contribution in [3.8, 4) is 0 Å². The molecule has 0 radical (unpaired) electrons. The Morgan fingerprint density at radius 2 is 1.92 bits per heavy atom. The van der Waals surface area contributed by atoms with E-state index in [0.717, 1.165) is 40.0 Å². The number of benzene rings is 2. The van der Waals surface area contributed by atoms with Crippen molar-refractivity contribution in [1.82, 2.24) is 9.55 Å². The van der Waals surface area contributed by atoms with E-state index in [1.54, 1.807) is 0 Å². The molecule has 3 nitrogen and oxygen atoms in total. The molecule has 1 heterocycles. The number of nitrogens with one attached hydrogen (secondary N) is 1. The number of hydrogen-bond donors (Lipinski definition) is 1. The summed E-state index contributed by atoms with van der Waals surface area (Å²) >= 11 is 10.1. The standard InChI is InChI=1S/C20H23BrClN3/c1-5-13(6-2)14-8-9-16(22)18-19(14)25(4)20(24-18)23-17-10-7-12(3)11-15(17)21/h7-11,13H,5-6H2,1-4H3,(H,23,24). The van der Waals surface area contributed by atoms with E-state index in [1.165, 1.54) is 11.1 Å². The summed E-state index contributed by atoms with van der Waals surface area (Å²) in [5, 5.41) is 4.12. The van der Waals surface area contributed by atoms with Gasteiger partial charge in [0, 0.05) is 11.5 Å². The van der Waals surface area contributed by atoms with Crippen LogP contribution in [-0.2, 0) is 7.05 Å². The van der Waals surface area contributed by atoms with E-state index in [4.69, 9.17) is 16.6 Å². The fourth-order valence-corrected chi connectivity index (χ4v) is 4.12. The van der Waals surface area contributed by atoms with Gasteiger partial charge in [0.1, 0.15) is 5.52 Å². The van der Waals surface area contributed by atoms with Crippen LogP contribution >= 0.6 is 27.5 Å². The average molecular weight is 421 g/mol. The van der Waals surface area contributed by atoms with Crippen molar-refractivity contribution in [2.75, 3.05) is 5.32 Å². The second-order valence-corrected chi connectivity index (χ2v) is 7.71. The van der Waals surface area contributed by atoms with Gasteiger partial charge in [-0.15, -0.1) is 0 Å². The Morgan fingerprint density at radius 1 is 1.20 bits per heavy atom. The van der Waals surface area contributed by atoms with Crippen LogP contribution in [0.4, 0.5) is 11.6 Å². The van der Waals surface area contributed by atoms with Crippen LogP contribution in [0.1, 0.15) is 43.7 Å². The number of anilines is 2. The molecule has 0 fully saturated rings. The van der Waals surface area contributed by atoms with Gasteiger partial charge in [-0.3, -0.25) is 0 Å². The van der Waals surface area contributed by atoms with Gasteiger partial charge >= 0.3 is 0 Å². The highest BCUT2D eigenvalue weighted by atomic mass is 79.9. The van der Waals surface area contributed by atoms with Gasteiger partial charge in [0.25, 0.3) is 0 Å². The van der Waals surface area contributed by atoms with Crippen molar-refractivity contribution >= 4 is 50.2 Å². The lowest BCUT2D eigenvalue weighted by Gasteiger charge is -2.16. The molecule has 0 unspecified atom stereocenters. The highest BCUT2D eigenvalue weighted by molar-refractivity contribution is 9.10. The van der Waals surface area contributed by atoms with Crippen LogP contribution in [0.5, 0.6) is 0 Å². The van der Waals surface area contributed by atoms with Crippen LogP contribution in [0, 0.1) is 6.92 Å². The van der Waals surface area contributed by atoms with Gasteiger partial charge < -0.3 is 9.88 Å². The van der Waals surface area contributed by atoms with Crippen LogP contribution in [0.3, 0.4) is 0 Å². The molecule has 0 spiro atoms. The summed E-state index contributed by atoms with van der Waals surface area (Å²) in [4.78, 5) is 4.78. The van der Waals surface area contributed by atoms with Crippen molar-refractivity contribution in [2.45, 2.75) is 39.5 Å². The molecule has 0 saturated carbocycles. The molecule has 5 heteroatoms. The van der Waals surface area contributed by atoms with Crippen LogP contribution in [-0.4, -0.2) is 9.55 Å². The fraction of sp³-hybridized carbons (Fsp3) is 0.350. The summed E-state index contributed by atoms with van der Waals surface area (Å²) in [7, 11) is 2.04. The van der Waals surface area contributed by atoms with Crippen molar-refractivity contribution < 1.29 is 0 Å². The summed E-state index contributed by atoms with van der Waals surface area (Å²) in [6.07, 6.45) is 2.20. The Kier molecular flexibility index (Phi) is 5.40. The quantitative estimate of drug-likeness (QED) is 0.484. The van der Waals surface area contributed by atoms with Gasteiger partial charge in [0.15, 0.2) is 0 Å². The number of nitrogens with zero attached hydrogens (tertiary/aromatic N) is 2. The van der Waals surface area contributed by atoms with E-state index < -0.39 is 0 Å². The highest BCUT2D eigenvalue weighted by Crippen LogP contribution is 2.36. The molecule has 25 heavy (non-hydrogen) atoms. The highest BCUT2D eigenvalue weighted by Gasteiger charge is 2.19. The molecule has 0 aliphatic heterocycles. The Balaban J connectivity index is 2.13. The van der Waals surface area contributed by atoms with Crippen LogP contribution in [0.15, 0.2) is 34.8 Å². The second kappa shape index (κ2) is 7.38. The first-order valence-corrected chi connectivity index (χ1v) is 9.81. The van der Waals surface area contributed by atoms with Gasteiger partial charge in [-0.05, 0) is 70.9 Å². The molecular weight excluding hydrogens is 398 g/mol. The van der Waals surface area contributed by atoms with Gasteiger partial charge in [-0.1, -0.05) is 37.6 Å². The second-order valence-electron chi connectivity index (χ2n) is 6.45. The van der Waals surface area contributed by atoms with Gasteiger partial charge in [0.2, 0.25) is 5.95 Å². The van der Waals surface area contributed by atoms with Crippen LogP contribution in [0.25, 0.3) is 11.0 Å². The zero-order chi connectivity index (χ0) is 18.1. The summed E-state index contributed by atoms with van der Waals surface area (Å²) in [5.74, 6) is 1.30. The molecule has 0 bridgehead atoms. The first-order valence-electron chi connectivity index (χ1n) is 8.64. The van der Waals surface area contributed by atoms with Gasteiger partial charge in [-0.2, -0.15) is 0 Å². The third-order valence-electron chi connectivity index (χ3n) is 4.80. The molecular formula is C20H23BrClN3. The molecule has 0 amide bonds. The molecule has 3 rings (SSSR count). The zero-order valence-corrected chi connectivity index (χ0v) is 17.4. The van der Waals surface area contributed by atoms with Crippen molar-refractivity contribution in [3.63, 3.8) is 0 Å². The summed E-state index contributed by atoms with van der Waals surface area (Å²) in [6, 6.07) is 10.3. The molecule has 1 N–H and O–H groups in total. The SMILES string of the molecule is CCC(CC)c1ccc(Cl)c2nc(Nc3ccc(C)cc3Br)n(C)c12. The number of fused-ring (bicyclic) bond motifs is 1. The molecule has 0 aliphatic rings. The third kappa shape index (κ3) is 3.42. The van der Waals surface area contributed by atoms with E-state index in [9.17, 15) is 0 Å². The smallest absolute Gasteiger partial charge is 0.208 e. The zero-order valence-electron chi connectivity index (χ0n) is 15.0. The van der Waals surface area contributed by atoms with Crippen LogP contribution < -0.4 is 5.32 Å². The minimum atomic E-state index is 0.508. The average Bonchev–Trinajstić information content (AvgIpc) is 2.91. The Morgan fingerprint density at radius 3 is 2.56 bits per heavy atom. The Hall–Kier alpha value is -1.52. The molecule has 132 valence electrons. The van der Waals surface area contributed by atoms with Crippen LogP contribution in [0.2, 0.25) is 5.02 Å². The van der Waals surface area contributed by atoms with E-state index in [1.807, 2.05) is 13.1 Å². The predicted octanol–water partition coefficient (Wildman–Crippen LogP) is 6.94. The molecule has 0 atom stereocenters. The maximum absolute atomic E-state index is 6.45. The van der Waals surface area contributed by atoms with E-state index in [-0.39, 0.29) is 0 Å². The summed E-state index contributed by atoms with van der Waals surface area (Å²) < 4.78 is 3.13. The Labute approximate surface area is 162 Å². The van der Waals surface area contributed by atoms with Gasteiger partial charge in [-0.25, -0.2) is 4.98 Å².